The number of aromatic nitrogens is 2. The van der Waals surface area contributed by atoms with Crippen LogP contribution in [0.3, 0.4) is 0 Å². The van der Waals surface area contributed by atoms with Crippen LogP contribution >= 0.6 is 0 Å². The number of nitrogens with zero attached hydrogens (tertiary/aromatic N) is 1. The van der Waals surface area contributed by atoms with Crippen molar-refractivity contribution in [1.29, 1.82) is 0 Å². The molecule has 4 aromatic rings. The number of hydrogen-bond acceptors (Lipinski definition) is 2. The monoisotopic (exact) mass is 327 g/mol. The predicted octanol–water partition coefficient (Wildman–Crippen LogP) is 4.57. The average Bonchev–Trinajstić information content (AvgIpc) is 2.99. The second-order valence-corrected chi connectivity index (χ2v) is 7.09. The predicted molar refractivity (Wildman–Crippen MR) is 103 cm³/mol. The molecular formula is C22H21N3. The third kappa shape index (κ3) is 2.27. The Balaban J connectivity index is 1.70. The number of H-pyrrole nitrogens is 1. The normalized spacial score (nSPS) is 17.1. The smallest absolute Gasteiger partial charge is 0.0906 e. The summed E-state index contributed by atoms with van der Waals surface area (Å²) in [4.78, 5) is 8.62. The molecule has 0 spiro atoms. The van der Waals surface area contributed by atoms with E-state index in [1.807, 2.05) is 6.07 Å². The van der Waals surface area contributed by atoms with Crippen LogP contribution in [0.15, 0.2) is 48.5 Å². The maximum Gasteiger partial charge on any atom is 0.0906 e. The third-order valence-corrected chi connectivity index (χ3v) is 5.30. The number of rotatable bonds is 1. The molecule has 3 heterocycles. The van der Waals surface area contributed by atoms with Crippen molar-refractivity contribution >= 4 is 21.8 Å². The van der Waals surface area contributed by atoms with Crippen molar-refractivity contribution in [3.63, 3.8) is 0 Å². The molecule has 3 heteroatoms. The van der Waals surface area contributed by atoms with Crippen molar-refractivity contribution in [2.24, 2.45) is 0 Å². The Kier molecular flexibility index (Phi) is 3.19. The Labute approximate surface area is 147 Å². The van der Waals surface area contributed by atoms with Gasteiger partial charge in [-0.15, -0.1) is 0 Å². The van der Waals surface area contributed by atoms with Crippen LogP contribution in [0.5, 0.6) is 0 Å². The Morgan fingerprint density at radius 3 is 2.84 bits per heavy atom. The first-order valence-corrected chi connectivity index (χ1v) is 8.91. The number of para-hydroxylation sites is 1. The highest BCUT2D eigenvalue weighted by molar-refractivity contribution is 5.89. The topological polar surface area (TPSA) is 40.7 Å². The Morgan fingerprint density at radius 2 is 1.92 bits per heavy atom. The Morgan fingerprint density at radius 1 is 1.04 bits per heavy atom. The number of pyridine rings is 1. The van der Waals surface area contributed by atoms with Gasteiger partial charge in [0.1, 0.15) is 0 Å². The van der Waals surface area contributed by atoms with E-state index in [2.05, 4.69) is 66.6 Å². The molecule has 1 aliphatic rings. The van der Waals surface area contributed by atoms with Gasteiger partial charge in [-0.25, -0.2) is 0 Å². The summed E-state index contributed by atoms with van der Waals surface area (Å²) < 4.78 is 0. The van der Waals surface area contributed by atoms with E-state index < -0.39 is 0 Å². The second kappa shape index (κ2) is 5.43. The fraction of sp³-hybridized carbons (Fsp3) is 0.227. The zero-order chi connectivity index (χ0) is 17.0. The maximum atomic E-state index is 4.93. The summed E-state index contributed by atoms with van der Waals surface area (Å²) in [6.07, 6.45) is 1.06. The number of aromatic amines is 1. The van der Waals surface area contributed by atoms with Gasteiger partial charge in [-0.2, -0.15) is 0 Å². The van der Waals surface area contributed by atoms with Crippen LogP contribution in [0.2, 0.25) is 0 Å². The van der Waals surface area contributed by atoms with Gasteiger partial charge in [0.15, 0.2) is 0 Å². The highest BCUT2D eigenvalue weighted by Gasteiger charge is 2.26. The number of hydrogen-bond donors (Lipinski definition) is 2. The molecule has 0 amide bonds. The molecule has 1 aliphatic heterocycles. The van der Waals surface area contributed by atoms with E-state index in [1.165, 1.54) is 38.7 Å². The summed E-state index contributed by atoms with van der Waals surface area (Å²) in [5, 5.41) is 6.24. The molecule has 0 bridgehead atoms. The fourth-order valence-corrected chi connectivity index (χ4v) is 4.27. The molecule has 0 aliphatic carbocycles. The lowest BCUT2D eigenvalue weighted by Gasteiger charge is -2.24. The molecule has 0 fully saturated rings. The lowest BCUT2D eigenvalue weighted by atomic mass is 9.94. The van der Waals surface area contributed by atoms with Crippen LogP contribution in [-0.2, 0) is 6.42 Å². The van der Waals surface area contributed by atoms with Crippen molar-refractivity contribution in [3.05, 3.63) is 76.6 Å². The van der Waals surface area contributed by atoms with Crippen LogP contribution in [-0.4, -0.2) is 16.5 Å². The van der Waals surface area contributed by atoms with Gasteiger partial charge in [0.2, 0.25) is 0 Å². The summed E-state index contributed by atoms with van der Waals surface area (Å²) in [5.74, 6) is 0. The van der Waals surface area contributed by atoms with Crippen molar-refractivity contribution in [2.45, 2.75) is 26.3 Å². The molecule has 0 saturated carbocycles. The first-order chi connectivity index (χ1) is 12.2. The van der Waals surface area contributed by atoms with Gasteiger partial charge in [-0.05, 0) is 55.2 Å². The molecule has 2 aromatic heterocycles. The highest BCUT2D eigenvalue weighted by atomic mass is 15.0. The van der Waals surface area contributed by atoms with Crippen LogP contribution in [0, 0.1) is 13.8 Å². The summed E-state index contributed by atoms with van der Waals surface area (Å²) in [5.41, 5.74) is 8.77. The first-order valence-electron chi connectivity index (χ1n) is 8.91. The maximum absolute atomic E-state index is 4.93. The van der Waals surface area contributed by atoms with Crippen molar-refractivity contribution in [1.82, 2.24) is 15.3 Å². The SMILES string of the molecule is Cc1cc(C)c2c3c([nH]c2c1)C(c1ccc2ccccc2n1)NCC3. The lowest BCUT2D eigenvalue weighted by molar-refractivity contribution is 0.550. The highest BCUT2D eigenvalue weighted by Crippen LogP contribution is 2.35. The van der Waals surface area contributed by atoms with Crippen molar-refractivity contribution in [3.8, 4) is 0 Å². The van der Waals surface area contributed by atoms with E-state index >= 15 is 0 Å². The van der Waals surface area contributed by atoms with Crippen LogP contribution < -0.4 is 5.32 Å². The van der Waals surface area contributed by atoms with E-state index in [4.69, 9.17) is 4.98 Å². The summed E-state index contributed by atoms with van der Waals surface area (Å²) in [6, 6.07) is 17.3. The minimum absolute atomic E-state index is 0.125. The van der Waals surface area contributed by atoms with Gasteiger partial charge in [-0.1, -0.05) is 30.3 Å². The number of benzene rings is 2. The zero-order valence-corrected chi connectivity index (χ0v) is 14.6. The van der Waals surface area contributed by atoms with Crippen molar-refractivity contribution in [2.75, 3.05) is 6.54 Å². The largest absolute Gasteiger partial charge is 0.357 e. The summed E-state index contributed by atoms with van der Waals surface area (Å²) >= 11 is 0. The molecule has 5 rings (SSSR count). The fourth-order valence-electron chi connectivity index (χ4n) is 4.27. The molecule has 3 nitrogen and oxygen atoms in total. The summed E-state index contributed by atoms with van der Waals surface area (Å²) in [7, 11) is 0. The Bertz CT molecular complexity index is 1110. The van der Waals surface area contributed by atoms with Crippen LogP contribution in [0.25, 0.3) is 21.8 Å². The van der Waals surface area contributed by atoms with Gasteiger partial charge in [-0.3, -0.25) is 4.98 Å². The average molecular weight is 327 g/mol. The molecule has 1 unspecified atom stereocenters. The lowest BCUT2D eigenvalue weighted by Crippen LogP contribution is -2.31. The molecule has 0 saturated heterocycles. The quantitative estimate of drug-likeness (QED) is 0.538. The molecule has 124 valence electrons. The molecule has 2 N–H and O–H groups in total. The molecule has 0 radical (unpaired) electrons. The second-order valence-electron chi connectivity index (χ2n) is 7.09. The minimum Gasteiger partial charge on any atom is -0.357 e. The molecular weight excluding hydrogens is 306 g/mol. The molecule has 25 heavy (non-hydrogen) atoms. The number of nitrogens with one attached hydrogen (secondary N) is 2. The van der Waals surface area contributed by atoms with Crippen molar-refractivity contribution < 1.29 is 0 Å². The van der Waals surface area contributed by atoms with E-state index in [9.17, 15) is 0 Å². The van der Waals surface area contributed by atoms with E-state index in [0.29, 0.717) is 0 Å². The van der Waals surface area contributed by atoms with Gasteiger partial charge in [0, 0.05) is 28.5 Å². The number of aryl methyl sites for hydroxylation is 2. The van der Waals surface area contributed by atoms with E-state index in [1.54, 1.807) is 0 Å². The van der Waals surface area contributed by atoms with Gasteiger partial charge < -0.3 is 10.3 Å². The van der Waals surface area contributed by atoms with Gasteiger partial charge in [0.25, 0.3) is 0 Å². The molecule has 2 aromatic carbocycles. The van der Waals surface area contributed by atoms with Crippen LogP contribution in [0.1, 0.15) is 34.1 Å². The zero-order valence-electron chi connectivity index (χ0n) is 14.6. The van der Waals surface area contributed by atoms with Crippen LogP contribution in [0.4, 0.5) is 0 Å². The standard InChI is InChI=1S/C22H21N3/c1-13-11-14(2)20-16-9-10-23-22(21(16)25-19(20)12-13)18-8-7-15-5-3-4-6-17(15)24-18/h3-8,11-12,22-23,25H,9-10H2,1-2H3. The van der Waals surface area contributed by atoms with Gasteiger partial charge in [0.05, 0.1) is 17.3 Å². The first kappa shape index (κ1) is 14.7. The van der Waals surface area contributed by atoms with E-state index in [-0.39, 0.29) is 6.04 Å². The van der Waals surface area contributed by atoms with E-state index in [0.717, 1.165) is 24.2 Å². The minimum atomic E-state index is 0.125. The molecule has 1 atom stereocenters. The van der Waals surface area contributed by atoms with Gasteiger partial charge >= 0.3 is 0 Å². The number of fused-ring (bicyclic) bond motifs is 4. The Hall–Kier alpha value is -2.65. The third-order valence-electron chi connectivity index (χ3n) is 5.30. The summed E-state index contributed by atoms with van der Waals surface area (Å²) in [6.45, 7) is 5.36.